The molecule has 1 aromatic carbocycles. The summed E-state index contributed by atoms with van der Waals surface area (Å²) < 4.78 is 11.5. The van der Waals surface area contributed by atoms with Crippen molar-refractivity contribution < 1.29 is 19.4 Å². The lowest BCUT2D eigenvalue weighted by atomic mass is 10.2. The number of para-hydroxylation sites is 1. The Balaban J connectivity index is 1.69. The van der Waals surface area contributed by atoms with Gasteiger partial charge in [0.15, 0.2) is 0 Å². The van der Waals surface area contributed by atoms with Crippen molar-refractivity contribution in [1.29, 1.82) is 0 Å². The zero-order chi connectivity index (χ0) is 16.7. The third kappa shape index (κ3) is 5.67. The molecule has 1 amide bonds. The van der Waals surface area contributed by atoms with E-state index < -0.39 is 6.10 Å². The molecule has 1 atom stereocenters. The minimum Gasteiger partial charge on any atom is -0.490 e. The first-order valence-electron chi connectivity index (χ1n) is 7.79. The van der Waals surface area contributed by atoms with Crippen molar-refractivity contribution in [3.8, 4) is 5.75 Å². The summed E-state index contributed by atoms with van der Waals surface area (Å²) in [5.74, 6) is 0.721. The number of nitrogens with zero attached hydrogens (tertiary/aromatic N) is 2. The van der Waals surface area contributed by atoms with Crippen LogP contribution in [0.2, 0.25) is 0 Å². The van der Waals surface area contributed by atoms with E-state index in [-0.39, 0.29) is 12.7 Å². The van der Waals surface area contributed by atoms with Crippen molar-refractivity contribution in [1.82, 2.24) is 9.80 Å². The van der Waals surface area contributed by atoms with Crippen LogP contribution in [0.25, 0.3) is 0 Å². The first kappa shape index (κ1) is 18.0. The molecule has 0 spiro atoms. The second kappa shape index (κ2) is 9.10. The molecule has 0 radical (unpaired) electrons. The molecule has 0 saturated carbocycles. The van der Waals surface area contributed by atoms with Crippen LogP contribution in [0.4, 0.5) is 4.79 Å². The number of aliphatic hydroxyl groups excluding tert-OH is 1. The van der Waals surface area contributed by atoms with Gasteiger partial charge >= 0.3 is 6.09 Å². The molecule has 1 N–H and O–H groups in total. The number of amides is 1. The Kier molecular flexibility index (Phi) is 7.14. The maximum absolute atomic E-state index is 11.6. The zero-order valence-electron chi connectivity index (χ0n) is 13.3. The van der Waals surface area contributed by atoms with Gasteiger partial charge < -0.3 is 19.5 Å². The number of hydrogen-bond donors (Lipinski definition) is 1. The van der Waals surface area contributed by atoms with Crippen molar-refractivity contribution in [2.45, 2.75) is 13.0 Å². The third-order valence-electron chi connectivity index (χ3n) is 3.64. The fraction of sp³-hybridized carbons (Fsp3) is 0.562. The molecule has 0 aromatic heterocycles. The Morgan fingerprint density at radius 2 is 2.00 bits per heavy atom. The predicted octanol–water partition coefficient (Wildman–Crippen LogP) is 1.96. The van der Waals surface area contributed by atoms with Gasteiger partial charge in [0.25, 0.3) is 0 Å². The number of rotatable bonds is 6. The fourth-order valence-electron chi connectivity index (χ4n) is 2.43. The molecule has 0 aliphatic carbocycles. The topological polar surface area (TPSA) is 62.2 Å². The van der Waals surface area contributed by atoms with Crippen LogP contribution in [-0.4, -0.2) is 73.0 Å². The normalized spacial score (nSPS) is 16.9. The molecule has 1 aliphatic heterocycles. The molecule has 0 unspecified atom stereocenters. The average molecular weight is 387 g/mol. The van der Waals surface area contributed by atoms with E-state index >= 15 is 0 Å². The van der Waals surface area contributed by atoms with Gasteiger partial charge in [0.1, 0.15) is 18.5 Å². The zero-order valence-corrected chi connectivity index (χ0v) is 14.9. The summed E-state index contributed by atoms with van der Waals surface area (Å²) in [6, 6.07) is 7.56. The Labute approximate surface area is 145 Å². The molecule has 1 heterocycles. The van der Waals surface area contributed by atoms with E-state index in [2.05, 4.69) is 20.8 Å². The molecule has 7 heteroatoms. The maximum atomic E-state index is 11.6. The van der Waals surface area contributed by atoms with Crippen molar-refractivity contribution in [2.75, 3.05) is 45.9 Å². The van der Waals surface area contributed by atoms with E-state index in [1.54, 1.807) is 11.8 Å². The highest BCUT2D eigenvalue weighted by Gasteiger charge is 2.23. The standard InChI is InChI=1S/C16H23BrN2O4/c1-2-22-16(21)19-9-7-18(8-10-19)11-13(20)12-23-15-6-4-3-5-14(15)17/h3-6,13,20H,2,7-12H2,1H3/t13-/m0/s1. The summed E-state index contributed by atoms with van der Waals surface area (Å²) in [5, 5.41) is 10.1. The van der Waals surface area contributed by atoms with Gasteiger partial charge in [-0.3, -0.25) is 4.90 Å². The number of halogens is 1. The second-order valence-electron chi connectivity index (χ2n) is 5.38. The molecule has 128 valence electrons. The smallest absolute Gasteiger partial charge is 0.409 e. The molecule has 23 heavy (non-hydrogen) atoms. The molecule has 6 nitrogen and oxygen atoms in total. The minimum atomic E-state index is -0.573. The van der Waals surface area contributed by atoms with E-state index in [9.17, 15) is 9.90 Å². The molecule has 1 aliphatic rings. The van der Waals surface area contributed by atoms with Gasteiger partial charge in [0.2, 0.25) is 0 Å². The molecular formula is C16H23BrN2O4. The van der Waals surface area contributed by atoms with E-state index in [4.69, 9.17) is 9.47 Å². The van der Waals surface area contributed by atoms with Gasteiger partial charge in [-0.2, -0.15) is 0 Å². The van der Waals surface area contributed by atoms with Crippen LogP contribution >= 0.6 is 15.9 Å². The first-order chi connectivity index (χ1) is 11.1. The number of carbonyl (C=O) groups is 1. The number of hydrogen-bond acceptors (Lipinski definition) is 5. The van der Waals surface area contributed by atoms with Crippen LogP contribution in [0.15, 0.2) is 28.7 Å². The van der Waals surface area contributed by atoms with Crippen LogP contribution in [0, 0.1) is 0 Å². The minimum absolute atomic E-state index is 0.237. The van der Waals surface area contributed by atoms with E-state index in [1.807, 2.05) is 24.3 Å². The Bertz CT molecular complexity index is 507. The number of aliphatic hydroxyl groups is 1. The van der Waals surface area contributed by atoms with E-state index in [1.165, 1.54) is 0 Å². The van der Waals surface area contributed by atoms with Gasteiger partial charge in [-0.25, -0.2) is 4.79 Å². The van der Waals surface area contributed by atoms with Crippen molar-refractivity contribution in [3.63, 3.8) is 0 Å². The number of piperazine rings is 1. The highest BCUT2D eigenvalue weighted by atomic mass is 79.9. The van der Waals surface area contributed by atoms with Gasteiger partial charge in [-0.05, 0) is 35.0 Å². The fourth-order valence-corrected chi connectivity index (χ4v) is 2.83. The number of β-amino-alcohol motifs (C(OH)–C–C–N with tert-alkyl or cyclic N) is 1. The SMILES string of the molecule is CCOC(=O)N1CCN(C[C@H](O)COc2ccccc2Br)CC1. The predicted molar refractivity (Wildman–Crippen MR) is 90.7 cm³/mol. The lowest BCUT2D eigenvalue weighted by Gasteiger charge is -2.34. The summed E-state index contributed by atoms with van der Waals surface area (Å²) in [6.07, 6.45) is -0.832. The Hall–Kier alpha value is -1.31. The average Bonchev–Trinajstić information content (AvgIpc) is 2.55. The lowest BCUT2D eigenvalue weighted by molar-refractivity contribution is 0.0406. The summed E-state index contributed by atoms with van der Waals surface area (Å²) >= 11 is 3.41. The van der Waals surface area contributed by atoms with Gasteiger partial charge in [-0.1, -0.05) is 12.1 Å². The van der Waals surface area contributed by atoms with Crippen LogP contribution in [0.3, 0.4) is 0 Å². The third-order valence-corrected chi connectivity index (χ3v) is 4.29. The molecular weight excluding hydrogens is 364 g/mol. The quantitative estimate of drug-likeness (QED) is 0.809. The summed E-state index contributed by atoms with van der Waals surface area (Å²) in [6.45, 7) is 5.66. The number of ether oxygens (including phenoxy) is 2. The van der Waals surface area contributed by atoms with E-state index in [0.717, 1.165) is 23.3 Å². The van der Waals surface area contributed by atoms with E-state index in [0.29, 0.717) is 26.2 Å². The Morgan fingerprint density at radius 1 is 1.30 bits per heavy atom. The van der Waals surface area contributed by atoms with Crippen molar-refractivity contribution >= 4 is 22.0 Å². The maximum Gasteiger partial charge on any atom is 0.409 e. The van der Waals surface area contributed by atoms with Crippen LogP contribution in [0.5, 0.6) is 5.75 Å². The van der Waals surface area contributed by atoms with Gasteiger partial charge in [-0.15, -0.1) is 0 Å². The number of benzene rings is 1. The lowest BCUT2D eigenvalue weighted by Crippen LogP contribution is -2.51. The van der Waals surface area contributed by atoms with Crippen LogP contribution in [-0.2, 0) is 4.74 Å². The number of carbonyl (C=O) groups excluding carboxylic acids is 1. The van der Waals surface area contributed by atoms with Crippen molar-refractivity contribution in [3.05, 3.63) is 28.7 Å². The summed E-state index contributed by atoms with van der Waals surface area (Å²) in [7, 11) is 0. The second-order valence-corrected chi connectivity index (χ2v) is 6.24. The first-order valence-corrected chi connectivity index (χ1v) is 8.59. The van der Waals surface area contributed by atoms with Gasteiger partial charge in [0.05, 0.1) is 11.1 Å². The molecule has 1 saturated heterocycles. The largest absolute Gasteiger partial charge is 0.490 e. The highest BCUT2D eigenvalue weighted by Crippen LogP contribution is 2.23. The summed E-state index contributed by atoms with van der Waals surface area (Å²) in [4.78, 5) is 15.5. The highest BCUT2D eigenvalue weighted by molar-refractivity contribution is 9.10. The molecule has 1 aromatic rings. The van der Waals surface area contributed by atoms with Crippen molar-refractivity contribution in [2.24, 2.45) is 0 Å². The molecule has 2 rings (SSSR count). The van der Waals surface area contributed by atoms with Crippen LogP contribution < -0.4 is 4.74 Å². The summed E-state index contributed by atoms with van der Waals surface area (Å²) in [5.41, 5.74) is 0. The monoisotopic (exact) mass is 386 g/mol. The molecule has 1 fully saturated rings. The molecule has 0 bridgehead atoms. The Morgan fingerprint density at radius 3 is 2.65 bits per heavy atom. The van der Waals surface area contributed by atoms with Crippen LogP contribution in [0.1, 0.15) is 6.92 Å². The van der Waals surface area contributed by atoms with Gasteiger partial charge in [0, 0.05) is 32.7 Å².